The third-order valence-corrected chi connectivity index (χ3v) is 1.46. The van der Waals surface area contributed by atoms with E-state index >= 15 is 0 Å². The van der Waals surface area contributed by atoms with Crippen molar-refractivity contribution in [2.24, 2.45) is 0 Å². The molecule has 0 saturated heterocycles. The molecular weight excluding hydrogens is 192 g/mol. The maximum Gasteiger partial charge on any atom is 0.338 e. The number of alkyl halides is 2. The number of esters is 1. The Hall–Kier alpha value is -1.65. The number of carbonyl (C=O) groups is 1. The van der Waals surface area contributed by atoms with Crippen molar-refractivity contribution in [1.29, 1.82) is 0 Å². The molecule has 76 valence electrons. The number of hydrogen-bond acceptors (Lipinski definition) is 3. The number of carbonyl (C=O) groups excluding carboxylic acids is 1. The van der Waals surface area contributed by atoms with Gasteiger partial charge in [-0.25, -0.2) is 13.6 Å². The minimum absolute atomic E-state index is 0.172. The molecule has 2 N–H and O–H groups in total. The number of hydrogen-bond donors (Lipinski definition) is 1. The number of benzene rings is 1. The first-order chi connectivity index (χ1) is 6.59. The van der Waals surface area contributed by atoms with Gasteiger partial charge in [-0.2, -0.15) is 0 Å². The van der Waals surface area contributed by atoms with Crippen molar-refractivity contribution >= 4 is 11.7 Å². The predicted octanol–water partition coefficient (Wildman–Crippen LogP) is 1.69. The molecule has 1 rings (SSSR count). The molecule has 1 aromatic carbocycles. The zero-order valence-electron chi connectivity index (χ0n) is 7.24. The Bertz CT molecular complexity index is 328. The van der Waals surface area contributed by atoms with Gasteiger partial charge in [0.2, 0.25) is 0 Å². The lowest BCUT2D eigenvalue weighted by Gasteiger charge is -2.03. The Morgan fingerprint density at radius 3 is 2.79 bits per heavy atom. The Labute approximate surface area is 79.5 Å². The van der Waals surface area contributed by atoms with E-state index in [0.29, 0.717) is 5.69 Å². The summed E-state index contributed by atoms with van der Waals surface area (Å²) in [6, 6.07) is 5.95. The third-order valence-electron chi connectivity index (χ3n) is 1.46. The first kappa shape index (κ1) is 10.4. The molecule has 0 spiro atoms. The molecule has 5 heteroatoms. The van der Waals surface area contributed by atoms with Gasteiger partial charge in [-0.3, -0.25) is 0 Å². The van der Waals surface area contributed by atoms with Gasteiger partial charge in [0, 0.05) is 5.69 Å². The van der Waals surface area contributed by atoms with Gasteiger partial charge < -0.3 is 10.5 Å². The molecule has 0 bridgehead atoms. The quantitative estimate of drug-likeness (QED) is 0.598. The first-order valence-electron chi connectivity index (χ1n) is 3.90. The van der Waals surface area contributed by atoms with E-state index in [1.807, 2.05) is 0 Å². The smallest absolute Gasteiger partial charge is 0.338 e. The molecule has 0 aliphatic heterocycles. The van der Waals surface area contributed by atoms with E-state index in [2.05, 4.69) is 4.74 Å². The topological polar surface area (TPSA) is 52.3 Å². The van der Waals surface area contributed by atoms with Crippen molar-refractivity contribution in [1.82, 2.24) is 0 Å². The maximum absolute atomic E-state index is 11.7. The fourth-order valence-corrected chi connectivity index (χ4v) is 0.888. The molecule has 0 aliphatic rings. The number of halogens is 2. The molecular formula is C9H9F2NO2. The molecule has 3 nitrogen and oxygen atoms in total. The number of nitrogen functional groups attached to an aromatic ring is 1. The van der Waals surface area contributed by atoms with E-state index in [0.717, 1.165) is 0 Å². The molecule has 0 saturated carbocycles. The van der Waals surface area contributed by atoms with Crippen molar-refractivity contribution in [3.63, 3.8) is 0 Å². The van der Waals surface area contributed by atoms with E-state index < -0.39 is 19.0 Å². The molecule has 0 aromatic heterocycles. The molecule has 0 radical (unpaired) electrons. The van der Waals surface area contributed by atoms with Gasteiger partial charge in [0.25, 0.3) is 6.43 Å². The monoisotopic (exact) mass is 201 g/mol. The predicted molar refractivity (Wildman–Crippen MR) is 47.1 cm³/mol. The SMILES string of the molecule is Nc1cccc(C(=O)OCC(F)F)c1. The first-order valence-corrected chi connectivity index (χ1v) is 3.90. The maximum atomic E-state index is 11.7. The van der Waals surface area contributed by atoms with Crippen molar-refractivity contribution in [3.8, 4) is 0 Å². The number of nitrogens with two attached hydrogens (primary N) is 1. The van der Waals surface area contributed by atoms with Crippen molar-refractivity contribution < 1.29 is 18.3 Å². The summed E-state index contributed by atoms with van der Waals surface area (Å²) in [5, 5.41) is 0. The van der Waals surface area contributed by atoms with Gasteiger partial charge in [-0.15, -0.1) is 0 Å². The summed E-state index contributed by atoms with van der Waals surface area (Å²) in [5.41, 5.74) is 5.95. The summed E-state index contributed by atoms with van der Waals surface area (Å²) < 4.78 is 27.7. The fraction of sp³-hybridized carbons (Fsp3) is 0.222. The molecule has 0 aliphatic carbocycles. The van der Waals surface area contributed by atoms with Crippen LogP contribution in [0.1, 0.15) is 10.4 Å². The Balaban J connectivity index is 2.61. The van der Waals surface area contributed by atoms with Gasteiger partial charge in [-0.05, 0) is 18.2 Å². The van der Waals surface area contributed by atoms with Crippen LogP contribution >= 0.6 is 0 Å². The lowest BCUT2D eigenvalue weighted by Crippen LogP contribution is -2.11. The molecule has 0 atom stereocenters. The van der Waals surface area contributed by atoms with Crippen LogP contribution in [0.15, 0.2) is 24.3 Å². The Morgan fingerprint density at radius 2 is 2.21 bits per heavy atom. The molecule has 0 fully saturated rings. The minimum Gasteiger partial charge on any atom is -0.456 e. The second kappa shape index (κ2) is 4.55. The number of anilines is 1. The summed E-state index contributed by atoms with van der Waals surface area (Å²) in [5.74, 6) is -0.794. The van der Waals surface area contributed by atoms with E-state index in [1.54, 1.807) is 12.1 Å². The van der Waals surface area contributed by atoms with Gasteiger partial charge >= 0.3 is 5.97 Å². The minimum atomic E-state index is -2.65. The van der Waals surface area contributed by atoms with Crippen molar-refractivity contribution in [3.05, 3.63) is 29.8 Å². The second-order valence-corrected chi connectivity index (χ2v) is 2.62. The standard InChI is InChI=1S/C9H9F2NO2/c10-8(11)5-14-9(13)6-2-1-3-7(12)4-6/h1-4,8H,5,12H2. The van der Waals surface area contributed by atoms with E-state index in [9.17, 15) is 13.6 Å². The third kappa shape index (κ3) is 3.01. The van der Waals surface area contributed by atoms with Crippen molar-refractivity contribution in [2.75, 3.05) is 12.3 Å². The molecule has 14 heavy (non-hydrogen) atoms. The summed E-state index contributed by atoms with van der Waals surface area (Å²) >= 11 is 0. The zero-order chi connectivity index (χ0) is 10.6. The molecule has 1 aromatic rings. The van der Waals surface area contributed by atoms with Crippen LogP contribution in [0.3, 0.4) is 0 Å². The van der Waals surface area contributed by atoms with Crippen molar-refractivity contribution in [2.45, 2.75) is 6.43 Å². The second-order valence-electron chi connectivity index (χ2n) is 2.62. The van der Waals surface area contributed by atoms with Gasteiger partial charge in [0.05, 0.1) is 5.56 Å². The Morgan fingerprint density at radius 1 is 1.50 bits per heavy atom. The number of ether oxygens (including phenoxy) is 1. The summed E-state index contributed by atoms with van der Waals surface area (Å²) in [6.45, 7) is -0.895. The van der Waals surface area contributed by atoms with Crippen LogP contribution in [-0.4, -0.2) is 19.0 Å². The highest BCUT2D eigenvalue weighted by atomic mass is 19.3. The highest BCUT2D eigenvalue weighted by Crippen LogP contribution is 2.08. The van der Waals surface area contributed by atoms with Crippen LogP contribution in [0.2, 0.25) is 0 Å². The van der Waals surface area contributed by atoms with Gasteiger partial charge in [0.15, 0.2) is 6.61 Å². The molecule has 0 amide bonds. The fourth-order valence-electron chi connectivity index (χ4n) is 0.888. The highest BCUT2D eigenvalue weighted by molar-refractivity contribution is 5.90. The van der Waals surface area contributed by atoms with Crippen LogP contribution in [0.4, 0.5) is 14.5 Å². The van der Waals surface area contributed by atoms with E-state index in [4.69, 9.17) is 5.73 Å². The normalized spacial score (nSPS) is 10.2. The lowest BCUT2D eigenvalue weighted by atomic mass is 10.2. The number of rotatable bonds is 3. The largest absolute Gasteiger partial charge is 0.456 e. The zero-order valence-corrected chi connectivity index (χ0v) is 7.24. The highest BCUT2D eigenvalue weighted by Gasteiger charge is 2.10. The van der Waals surface area contributed by atoms with E-state index in [-0.39, 0.29) is 5.56 Å². The lowest BCUT2D eigenvalue weighted by molar-refractivity contribution is 0.0160. The average Bonchev–Trinajstić information content (AvgIpc) is 2.14. The van der Waals surface area contributed by atoms with Gasteiger partial charge in [0.1, 0.15) is 0 Å². The average molecular weight is 201 g/mol. The van der Waals surface area contributed by atoms with Gasteiger partial charge in [-0.1, -0.05) is 6.07 Å². The summed E-state index contributed by atoms with van der Waals surface area (Å²) in [6.07, 6.45) is -2.65. The molecule has 0 unspecified atom stereocenters. The Kier molecular flexibility index (Phi) is 3.39. The summed E-state index contributed by atoms with van der Waals surface area (Å²) in [4.78, 5) is 11.1. The van der Waals surface area contributed by atoms with Crippen LogP contribution in [0.5, 0.6) is 0 Å². The van der Waals surface area contributed by atoms with Crippen LogP contribution in [0, 0.1) is 0 Å². The van der Waals surface area contributed by atoms with Crippen LogP contribution in [0.25, 0.3) is 0 Å². The summed E-state index contributed by atoms with van der Waals surface area (Å²) in [7, 11) is 0. The van der Waals surface area contributed by atoms with E-state index in [1.165, 1.54) is 12.1 Å². The van der Waals surface area contributed by atoms with Crippen LogP contribution < -0.4 is 5.73 Å². The molecule has 0 heterocycles. The van der Waals surface area contributed by atoms with Crippen LogP contribution in [-0.2, 0) is 4.74 Å².